The highest BCUT2D eigenvalue weighted by Crippen LogP contribution is 2.50. The van der Waals surface area contributed by atoms with E-state index < -0.39 is 20.0 Å². The fourth-order valence-electron chi connectivity index (χ4n) is 3.15. The van der Waals surface area contributed by atoms with Crippen molar-refractivity contribution in [2.45, 2.75) is 56.9 Å². The average molecular weight is 426 g/mol. The lowest BCUT2D eigenvalue weighted by Gasteiger charge is -2.41. The molecule has 1 N–H and O–H groups in total. The Balaban J connectivity index is 1.62. The molecule has 1 aromatic heterocycles. The number of β-lactam (4-membered cyclic amide) rings is 1. The number of aliphatic hydroxyl groups is 1. The minimum absolute atomic E-state index is 0.188. The Bertz CT molecular complexity index is 749. The Morgan fingerprint density at radius 3 is 2.79 bits per heavy atom. The molecule has 9 nitrogen and oxygen atoms in total. The summed E-state index contributed by atoms with van der Waals surface area (Å²) in [7, 11) is -1.31. The third-order valence-electron chi connectivity index (χ3n) is 4.83. The maximum Gasteiger partial charge on any atom is 0.355 e. The number of unbranched alkanes of at least 4 members (excludes halogenated alkanes) is 1. The van der Waals surface area contributed by atoms with Crippen LogP contribution in [0.2, 0.25) is 25.7 Å². The molecule has 0 bridgehead atoms. The number of thioether (sulfide) groups is 1. The van der Waals surface area contributed by atoms with Gasteiger partial charge in [0.05, 0.1) is 19.1 Å². The zero-order chi connectivity index (χ0) is 20.3. The summed E-state index contributed by atoms with van der Waals surface area (Å²) in [5.41, 5.74) is 0.377. The number of nitrogens with zero attached hydrogens (tertiary/aromatic N) is 5. The second-order valence-corrected chi connectivity index (χ2v) is 15.1. The van der Waals surface area contributed by atoms with Gasteiger partial charge in [-0.1, -0.05) is 19.6 Å². The van der Waals surface area contributed by atoms with Crippen LogP contribution in [0.25, 0.3) is 0 Å². The van der Waals surface area contributed by atoms with Gasteiger partial charge in [0.25, 0.3) is 0 Å². The number of carbonyl (C=O) groups is 2. The number of allylic oxidation sites excluding steroid dienone is 1. The number of rotatable bonds is 10. The molecule has 3 heterocycles. The van der Waals surface area contributed by atoms with Gasteiger partial charge in [-0.15, -0.1) is 16.9 Å². The molecule has 0 aromatic carbocycles. The number of carbonyl (C=O) groups excluding carboxylic acids is 2. The lowest BCUT2D eigenvalue weighted by atomic mass is 9.98. The van der Waals surface area contributed by atoms with Crippen LogP contribution in [0.1, 0.15) is 19.3 Å². The smallest absolute Gasteiger partial charge is 0.355 e. The zero-order valence-corrected chi connectivity index (χ0v) is 18.3. The summed E-state index contributed by atoms with van der Waals surface area (Å²) >= 11 is 1.51. The number of fused-ring (bicyclic) bond motifs is 1. The molecule has 2 aliphatic rings. The van der Waals surface area contributed by atoms with Gasteiger partial charge in [-0.3, -0.25) is 9.69 Å². The Labute approximate surface area is 169 Å². The molecule has 0 radical (unpaired) electrons. The number of hydrogen-bond donors (Lipinski definition) is 1. The van der Waals surface area contributed by atoms with E-state index in [0.29, 0.717) is 25.3 Å². The standard InChI is InChI=1S/C17H27N5O4SSi/c1-28(2,3)9-8-26-17(25)14-13(6-4-5-7-21-11-18-19-20-21)27-16-12(10-23)15(24)22(14)16/h11-12,16,23H,4-10H2,1-3H3/t12-,16+/m0/s1. The van der Waals surface area contributed by atoms with Gasteiger partial charge in [-0.25, -0.2) is 9.48 Å². The van der Waals surface area contributed by atoms with E-state index in [1.54, 1.807) is 11.0 Å². The second-order valence-electron chi connectivity index (χ2n) is 8.25. The lowest BCUT2D eigenvalue weighted by Crippen LogP contribution is -2.58. The van der Waals surface area contributed by atoms with Crippen molar-refractivity contribution >= 4 is 31.7 Å². The van der Waals surface area contributed by atoms with Crippen LogP contribution in [-0.4, -0.2) is 68.8 Å². The molecule has 2 aliphatic heterocycles. The van der Waals surface area contributed by atoms with Crippen molar-refractivity contribution in [2.75, 3.05) is 13.2 Å². The van der Waals surface area contributed by atoms with Crippen molar-refractivity contribution in [1.29, 1.82) is 0 Å². The molecule has 11 heteroatoms. The first-order valence-corrected chi connectivity index (χ1v) is 14.1. The van der Waals surface area contributed by atoms with Gasteiger partial charge in [0, 0.05) is 19.5 Å². The number of amides is 1. The van der Waals surface area contributed by atoms with E-state index in [0.717, 1.165) is 23.8 Å². The van der Waals surface area contributed by atoms with Crippen LogP contribution >= 0.6 is 11.8 Å². The van der Waals surface area contributed by atoms with Crippen LogP contribution in [0, 0.1) is 5.92 Å². The lowest BCUT2D eigenvalue weighted by molar-refractivity contribution is -0.155. The molecule has 2 atom stereocenters. The highest BCUT2D eigenvalue weighted by atomic mass is 32.2. The Hall–Kier alpha value is -1.72. The quantitative estimate of drug-likeness (QED) is 0.260. The second kappa shape index (κ2) is 8.74. The summed E-state index contributed by atoms with van der Waals surface area (Å²) in [6.45, 7) is 7.56. The van der Waals surface area contributed by atoms with Crippen molar-refractivity contribution in [3.63, 3.8) is 0 Å². The van der Waals surface area contributed by atoms with Gasteiger partial charge in [0.1, 0.15) is 17.4 Å². The van der Waals surface area contributed by atoms with Crippen molar-refractivity contribution in [3.8, 4) is 0 Å². The van der Waals surface area contributed by atoms with Crippen LogP contribution in [0.3, 0.4) is 0 Å². The first kappa shape index (κ1) is 21.0. The molecule has 0 saturated carbocycles. The van der Waals surface area contributed by atoms with Gasteiger partial charge in [0.2, 0.25) is 5.91 Å². The zero-order valence-electron chi connectivity index (χ0n) is 16.5. The third-order valence-corrected chi connectivity index (χ3v) is 8.00. The molecule has 0 aliphatic carbocycles. The summed E-state index contributed by atoms with van der Waals surface area (Å²) in [5.74, 6) is -1.05. The van der Waals surface area contributed by atoms with Crippen LogP contribution < -0.4 is 0 Å². The summed E-state index contributed by atoms with van der Waals surface area (Å²) < 4.78 is 7.17. The van der Waals surface area contributed by atoms with Crippen molar-refractivity contribution in [1.82, 2.24) is 25.1 Å². The van der Waals surface area contributed by atoms with E-state index in [1.807, 2.05) is 0 Å². The molecule has 3 rings (SSSR count). The van der Waals surface area contributed by atoms with Crippen LogP contribution in [0.15, 0.2) is 16.9 Å². The predicted molar refractivity (Wildman–Crippen MR) is 107 cm³/mol. The van der Waals surface area contributed by atoms with E-state index >= 15 is 0 Å². The average Bonchev–Trinajstić information content (AvgIpc) is 3.24. The molecule has 1 amide bonds. The number of aromatic nitrogens is 4. The fourth-order valence-corrected chi connectivity index (χ4v) is 5.39. The molecule has 1 saturated heterocycles. The molecular weight excluding hydrogens is 398 g/mol. The topological polar surface area (TPSA) is 110 Å². The van der Waals surface area contributed by atoms with Crippen molar-refractivity contribution in [3.05, 3.63) is 16.9 Å². The Morgan fingerprint density at radius 2 is 2.14 bits per heavy atom. The maximum absolute atomic E-state index is 12.7. The van der Waals surface area contributed by atoms with Gasteiger partial charge >= 0.3 is 5.97 Å². The van der Waals surface area contributed by atoms with E-state index in [4.69, 9.17) is 4.74 Å². The normalized spacial score (nSPS) is 21.7. The number of hydrogen-bond acceptors (Lipinski definition) is 8. The van der Waals surface area contributed by atoms with Crippen LogP contribution in [0.5, 0.6) is 0 Å². The SMILES string of the molecule is C[Si](C)(C)CCOC(=O)C1=C(CCCCn2cnnn2)S[C@@H]2[C@@H](CO)C(=O)N12. The molecule has 28 heavy (non-hydrogen) atoms. The predicted octanol–water partition coefficient (Wildman–Crippen LogP) is 1.46. The molecule has 0 unspecified atom stereocenters. The minimum atomic E-state index is -1.31. The maximum atomic E-state index is 12.7. The number of ether oxygens (including phenoxy) is 1. The van der Waals surface area contributed by atoms with Crippen LogP contribution in [-0.2, 0) is 20.9 Å². The number of aryl methyl sites for hydroxylation is 1. The van der Waals surface area contributed by atoms with Crippen molar-refractivity contribution in [2.24, 2.45) is 5.92 Å². The van der Waals surface area contributed by atoms with E-state index in [1.165, 1.54) is 16.7 Å². The Morgan fingerprint density at radius 1 is 1.36 bits per heavy atom. The summed E-state index contributed by atoms with van der Waals surface area (Å²) in [6, 6.07) is 0.886. The number of tetrazole rings is 1. The first-order chi connectivity index (χ1) is 13.3. The van der Waals surface area contributed by atoms with Crippen LogP contribution in [0.4, 0.5) is 0 Å². The molecule has 154 valence electrons. The highest BCUT2D eigenvalue weighted by Gasteiger charge is 2.55. The van der Waals surface area contributed by atoms with Gasteiger partial charge in [-0.05, 0) is 35.7 Å². The summed E-state index contributed by atoms with van der Waals surface area (Å²) in [4.78, 5) is 27.5. The molecule has 1 aromatic rings. The monoisotopic (exact) mass is 425 g/mol. The Kier molecular flexibility index (Phi) is 6.56. The third kappa shape index (κ3) is 4.63. The fraction of sp³-hybridized carbons (Fsp3) is 0.706. The first-order valence-electron chi connectivity index (χ1n) is 9.53. The molecule has 0 spiro atoms. The molecular formula is C17H27N5O4SSi. The number of aliphatic hydroxyl groups excluding tert-OH is 1. The minimum Gasteiger partial charge on any atom is -0.461 e. The van der Waals surface area contributed by atoms with Gasteiger partial charge in [-0.2, -0.15) is 0 Å². The highest BCUT2D eigenvalue weighted by molar-refractivity contribution is 8.04. The van der Waals surface area contributed by atoms with Gasteiger partial charge in [0.15, 0.2) is 0 Å². The van der Waals surface area contributed by atoms with E-state index in [-0.39, 0.29) is 17.9 Å². The van der Waals surface area contributed by atoms with E-state index in [2.05, 4.69) is 35.2 Å². The summed E-state index contributed by atoms with van der Waals surface area (Å²) in [6.07, 6.45) is 3.95. The largest absolute Gasteiger partial charge is 0.461 e. The van der Waals surface area contributed by atoms with E-state index in [9.17, 15) is 14.7 Å². The summed E-state index contributed by atoms with van der Waals surface area (Å²) in [5, 5.41) is 20.3. The van der Waals surface area contributed by atoms with Crippen molar-refractivity contribution < 1.29 is 19.4 Å². The molecule has 1 fully saturated rings. The number of esters is 1. The van der Waals surface area contributed by atoms with Gasteiger partial charge < -0.3 is 9.84 Å².